The van der Waals surface area contributed by atoms with E-state index < -0.39 is 0 Å². The average molecular weight is 320 g/mol. The monoisotopic (exact) mass is 320 g/mol. The largest absolute Gasteiger partial charge is 0.469 e. The van der Waals surface area contributed by atoms with Gasteiger partial charge in [0.2, 0.25) is 11.8 Å². The number of rotatable bonds is 8. The summed E-state index contributed by atoms with van der Waals surface area (Å²) in [6, 6.07) is 3.85. The quantitative estimate of drug-likeness (QED) is 0.773. The molecule has 1 aromatic rings. The molecule has 0 aliphatic heterocycles. The van der Waals surface area contributed by atoms with Gasteiger partial charge in [0.15, 0.2) is 0 Å². The molecule has 1 heterocycles. The van der Waals surface area contributed by atoms with Gasteiger partial charge < -0.3 is 15.1 Å². The Kier molecular flexibility index (Phi) is 7.17. The van der Waals surface area contributed by atoms with Crippen LogP contribution in [0.2, 0.25) is 0 Å². The maximum atomic E-state index is 11.9. The number of amides is 2. The molecule has 2 N–H and O–H groups in total. The average Bonchev–Trinajstić information content (AvgIpc) is 3.05. The Balaban J connectivity index is 1.57. The Morgan fingerprint density at radius 1 is 1.26 bits per heavy atom. The number of aryl methyl sites for hydroxylation is 1. The van der Waals surface area contributed by atoms with Gasteiger partial charge in [0, 0.05) is 18.9 Å². The summed E-state index contributed by atoms with van der Waals surface area (Å²) < 4.78 is 5.27. The smallest absolute Gasteiger partial charge is 0.239 e. The molecule has 1 aliphatic rings. The Morgan fingerprint density at radius 2 is 2.04 bits per heavy atom. The van der Waals surface area contributed by atoms with Gasteiger partial charge >= 0.3 is 0 Å². The third kappa shape index (κ3) is 6.89. The highest BCUT2D eigenvalue weighted by Gasteiger charge is 2.17. The zero-order valence-corrected chi connectivity index (χ0v) is 14.0. The topological polar surface area (TPSA) is 71.3 Å². The highest BCUT2D eigenvalue weighted by Crippen LogP contribution is 2.25. The van der Waals surface area contributed by atoms with Crippen LogP contribution in [0.5, 0.6) is 0 Å². The van der Waals surface area contributed by atoms with Crippen LogP contribution in [0.25, 0.3) is 0 Å². The fourth-order valence-corrected chi connectivity index (χ4v) is 3.12. The van der Waals surface area contributed by atoms with E-state index in [0.29, 0.717) is 12.3 Å². The standard InChI is InChI=1S/C18H28N2O3/c1-14(9-10-16-8-5-11-23-16)20-18(22)13-19-17(21)12-15-6-3-2-4-7-15/h5,8,11,14-15H,2-4,6-7,9-10,12-13H2,1H3,(H,19,21)(H,20,22). The van der Waals surface area contributed by atoms with Crippen molar-refractivity contribution in [2.75, 3.05) is 6.54 Å². The van der Waals surface area contributed by atoms with E-state index in [-0.39, 0.29) is 24.4 Å². The van der Waals surface area contributed by atoms with Gasteiger partial charge in [-0.1, -0.05) is 19.3 Å². The molecule has 1 aromatic heterocycles. The van der Waals surface area contributed by atoms with Crippen molar-refractivity contribution in [3.63, 3.8) is 0 Å². The van der Waals surface area contributed by atoms with Crippen molar-refractivity contribution in [2.45, 2.75) is 64.3 Å². The SMILES string of the molecule is CC(CCc1ccco1)NC(=O)CNC(=O)CC1CCCCC1. The van der Waals surface area contributed by atoms with Crippen LogP contribution in [-0.2, 0) is 16.0 Å². The molecule has 0 spiro atoms. The molecule has 1 saturated carbocycles. The predicted octanol–water partition coefficient (Wildman–Crippen LogP) is 2.80. The first-order valence-electron chi connectivity index (χ1n) is 8.72. The van der Waals surface area contributed by atoms with Crippen LogP contribution in [0.4, 0.5) is 0 Å². The van der Waals surface area contributed by atoms with Crippen molar-refractivity contribution in [3.05, 3.63) is 24.2 Å². The predicted molar refractivity (Wildman–Crippen MR) is 88.8 cm³/mol. The molecule has 23 heavy (non-hydrogen) atoms. The first kappa shape index (κ1) is 17.6. The molecule has 0 saturated heterocycles. The molecule has 1 atom stereocenters. The number of carbonyl (C=O) groups is 2. The summed E-state index contributed by atoms with van der Waals surface area (Å²) in [5.74, 6) is 1.29. The summed E-state index contributed by atoms with van der Waals surface area (Å²) in [5, 5.41) is 5.64. The summed E-state index contributed by atoms with van der Waals surface area (Å²) in [4.78, 5) is 23.7. The van der Waals surface area contributed by atoms with Crippen molar-refractivity contribution in [1.29, 1.82) is 0 Å². The number of furan rings is 1. The number of hydrogen-bond donors (Lipinski definition) is 2. The van der Waals surface area contributed by atoms with Gasteiger partial charge in [-0.3, -0.25) is 9.59 Å². The molecule has 0 bridgehead atoms. The van der Waals surface area contributed by atoms with E-state index in [2.05, 4.69) is 10.6 Å². The van der Waals surface area contributed by atoms with Crippen LogP contribution >= 0.6 is 0 Å². The molecular weight excluding hydrogens is 292 g/mol. The first-order valence-corrected chi connectivity index (χ1v) is 8.72. The summed E-state index contributed by atoms with van der Waals surface area (Å²) >= 11 is 0. The lowest BCUT2D eigenvalue weighted by molar-refractivity contribution is -0.127. The van der Waals surface area contributed by atoms with Crippen LogP contribution in [0.15, 0.2) is 22.8 Å². The summed E-state index contributed by atoms with van der Waals surface area (Å²) in [7, 11) is 0. The number of carbonyl (C=O) groups excluding carboxylic acids is 2. The maximum absolute atomic E-state index is 11.9. The highest BCUT2D eigenvalue weighted by molar-refractivity contribution is 5.84. The van der Waals surface area contributed by atoms with E-state index in [0.717, 1.165) is 31.4 Å². The Bertz CT molecular complexity index is 478. The fourth-order valence-electron chi connectivity index (χ4n) is 3.12. The van der Waals surface area contributed by atoms with Gasteiger partial charge in [0.25, 0.3) is 0 Å². The second-order valence-electron chi connectivity index (χ2n) is 6.57. The molecule has 1 unspecified atom stereocenters. The minimum Gasteiger partial charge on any atom is -0.469 e. The fraction of sp³-hybridized carbons (Fsp3) is 0.667. The third-order valence-corrected chi connectivity index (χ3v) is 4.46. The summed E-state index contributed by atoms with van der Waals surface area (Å²) in [6.45, 7) is 2.03. The molecule has 1 fully saturated rings. The van der Waals surface area contributed by atoms with Crippen molar-refractivity contribution >= 4 is 11.8 Å². The van der Waals surface area contributed by atoms with E-state index in [4.69, 9.17) is 4.42 Å². The molecule has 0 radical (unpaired) electrons. The summed E-state index contributed by atoms with van der Waals surface area (Å²) in [5.41, 5.74) is 0. The Morgan fingerprint density at radius 3 is 2.74 bits per heavy atom. The molecule has 2 rings (SSSR count). The van der Waals surface area contributed by atoms with E-state index in [9.17, 15) is 9.59 Å². The molecule has 128 valence electrons. The maximum Gasteiger partial charge on any atom is 0.239 e. The van der Waals surface area contributed by atoms with E-state index >= 15 is 0 Å². The van der Waals surface area contributed by atoms with Crippen molar-refractivity contribution < 1.29 is 14.0 Å². The van der Waals surface area contributed by atoms with Crippen LogP contribution in [-0.4, -0.2) is 24.4 Å². The lowest BCUT2D eigenvalue weighted by atomic mass is 9.87. The zero-order chi connectivity index (χ0) is 16.5. The second kappa shape index (κ2) is 9.38. The molecular formula is C18H28N2O3. The van der Waals surface area contributed by atoms with Crippen molar-refractivity contribution in [2.24, 2.45) is 5.92 Å². The van der Waals surface area contributed by atoms with E-state index in [1.165, 1.54) is 19.3 Å². The van der Waals surface area contributed by atoms with Crippen molar-refractivity contribution in [3.8, 4) is 0 Å². The van der Waals surface area contributed by atoms with Crippen LogP contribution < -0.4 is 10.6 Å². The number of hydrogen-bond acceptors (Lipinski definition) is 3. The molecule has 2 amide bonds. The van der Waals surface area contributed by atoms with Gasteiger partial charge in [0.1, 0.15) is 5.76 Å². The first-order chi connectivity index (χ1) is 11.1. The van der Waals surface area contributed by atoms with Crippen LogP contribution in [0.3, 0.4) is 0 Å². The lowest BCUT2D eigenvalue weighted by Crippen LogP contribution is -2.41. The third-order valence-electron chi connectivity index (χ3n) is 4.46. The summed E-state index contributed by atoms with van der Waals surface area (Å²) in [6.07, 6.45) is 9.85. The van der Waals surface area contributed by atoms with Gasteiger partial charge in [0.05, 0.1) is 12.8 Å². The number of nitrogens with one attached hydrogen (secondary N) is 2. The minimum atomic E-state index is -0.131. The van der Waals surface area contributed by atoms with E-state index in [1.807, 2.05) is 19.1 Å². The van der Waals surface area contributed by atoms with Crippen LogP contribution in [0.1, 0.15) is 57.6 Å². The Labute approximate surface area is 138 Å². The van der Waals surface area contributed by atoms with Gasteiger partial charge in [-0.2, -0.15) is 0 Å². The zero-order valence-electron chi connectivity index (χ0n) is 14.0. The van der Waals surface area contributed by atoms with Gasteiger partial charge in [-0.05, 0) is 44.2 Å². The Hall–Kier alpha value is -1.78. The van der Waals surface area contributed by atoms with Gasteiger partial charge in [-0.25, -0.2) is 0 Å². The highest BCUT2D eigenvalue weighted by atomic mass is 16.3. The minimum absolute atomic E-state index is 0.00436. The lowest BCUT2D eigenvalue weighted by Gasteiger charge is -2.21. The second-order valence-corrected chi connectivity index (χ2v) is 6.57. The van der Waals surface area contributed by atoms with Crippen molar-refractivity contribution in [1.82, 2.24) is 10.6 Å². The molecule has 1 aliphatic carbocycles. The molecule has 0 aromatic carbocycles. The van der Waals surface area contributed by atoms with Crippen LogP contribution in [0, 0.1) is 5.92 Å². The molecule has 5 nitrogen and oxygen atoms in total. The normalized spacial score (nSPS) is 16.7. The van der Waals surface area contributed by atoms with E-state index in [1.54, 1.807) is 6.26 Å². The molecule has 5 heteroatoms. The van der Waals surface area contributed by atoms with Gasteiger partial charge in [-0.15, -0.1) is 0 Å².